The van der Waals surface area contributed by atoms with E-state index in [0.29, 0.717) is 5.56 Å². The molecule has 0 unspecified atom stereocenters. The van der Waals surface area contributed by atoms with Crippen LogP contribution in [0.15, 0.2) is 71.3 Å². The molecule has 0 saturated heterocycles. The van der Waals surface area contributed by atoms with E-state index >= 15 is 0 Å². The van der Waals surface area contributed by atoms with E-state index in [4.69, 9.17) is 8.53 Å². The highest BCUT2D eigenvalue weighted by Crippen LogP contribution is 2.37. The summed E-state index contributed by atoms with van der Waals surface area (Å²) in [5.41, 5.74) is 4.85. The standard InChI is InChI=1S/C24H20NO/c1-15-12-13-25(17(3)14-15)23-16(2)8-10-20-22-19-7-5-4-6-18(19)9-11-21(22)26-24(20)23/h4-14H,1-3H3/q+1/i1D3. The second-order valence-corrected chi connectivity index (χ2v) is 6.80. The van der Waals surface area contributed by atoms with Crippen LogP contribution in [0.4, 0.5) is 0 Å². The minimum absolute atomic E-state index is 0.340. The van der Waals surface area contributed by atoms with Crippen LogP contribution in [-0.4, -0.2) is 0 Å². The summed E-state index contributed by atoms with van der Waals surface area (Å²) < 4.78 is 31.4. The zero-order chi connectivity index (χ0) is 20.3. The summed E-state index contributed by atoms with van der Waals surface area (Å²) in [6.45, 7) is 1.85. The van der Waals surface area contributed by atoms with Crippen molar-refractivity contribution in [1.29, 1.82) is 0 Å². The average Bonchev–Trinajstić information content (AvgIpc) is 3.06. The molecule has 2 nitrogen and oxygen atoms in total. The second-order valence-electron chi connectivity index (χ2n) is 6.80. The molecule has 0 aliphatic heterocycles. The number of furan rings is 1. The lowest BCUT2D eigenvalue weighted by atomic mass is 10.0. The molecule has 0 aliphatic carbocycles. The van der Waals surface area contributed by atoms with E-state index in [1.165, 1.54) is 5.39 Å². The molecule has 2 aromatic heterocycles. The fraction of sp³-hybridized carbons (Fsp3) is 0.125. The van der Waals surface area contributed by atoms with Crippen molar-refractivity contribution in [3.8, 4) is 5.69 Å². The van der Waals surface area contributed by atoms with Crippen LogP contribution in [0.25, 0.3) is 38.4 Å². The van der Waals surface area contributed by atoms with Gasteiger partial charge in [0.05, 0.1) is 0 Å². The van der Waals surface area contributed by atoms with Gasteiger partial charge in [-0.2, -0.15) is 4.57 Å². The Labute approximate surface area is 156 Å². The van der Waals surface area contributed by atoms with Crippen molar-refractivity contribution in [1.82, 2.24) is 0 Å². The number of hydrogen-bond acceptors (Lipinski definition) is 1. The van der Waals surface area contributed by atoms with E-state index in [-0.39, 0.29) is 0 Å². The maximum atomic E-state index is 7.67. The molecule has 3 aromatic carbocycles. The highest BCUT2D eigenvalue weighted by atomic mass is 16.3. The first-order valence-electron chi connectivity index (χ1n) is 10.2. The normalized spacial score (nSPS) is 13.8. The smallest absolute Gasteiger partial charge is 0.257 e. The number of rotatable bonds is 1. The lowest BCUT2D eigenvalue weighted by Crippen LogP contribution is -2.34. The molecular formula is C24H20NO+. The Bertz CT molecular complexity index is 1410. The van der Waals surface area contributed by atoms with Gasteiger partial charge in [0, 0.05) is 39.5 Å². The number of aryl methyl sites for hydroxylation is 3. The Kier molecular flexibility index (Phi) is 2.56. The number of fused-ring (bicyclic) bond motifs is 5. The Balaban J connectivity index is 1.85. The summed E-state index contributed by atoms with van der Waals surface area (Å²) in [6.07, 6.45) is 1.82. The van der Waals surface area contributed by atoms with E-state index in [1.807, 2.05) is 42.8 Å². The van der Waals surface area contributed by atoms with Gasteiger partial charge in [-0.1, -0.05) is 36.4 Å². The summed E-state index contributed by atoms with van der Waals surface area (Å²) in [7, 11) is 0. The third kappa shape index (κ3) is 2.08. The zero-order valence-electron chi connectivity index (χ0n) is 17.7. The van der Waals surface area contributed by atoms with Crippen molar-refractivity contribution in [3.63, 3.8) is 0 Å². The minimum atomic E-state index is -2.12. The third-order valence-corrected chi connectivity index (χ3v) is 5.09. The van der Waals surface area contributed by atoms with Gasteiger partial charge in [0.2, 0.25) is 5.58 Å². The molecule has 0 amide bonds. The SMILES string of the molecule is [2H]C([2H])([2H])c1cc[n+](-c2c(C)ccc3c2oc2ccc4ccccc4c23)c(C)c1. The van der Waals surface area contributed by atoms with Gasteiger partial charge in [0.25, 0.3) is 5.69 Å². The van der Waals surface area contributed by atoms with E-state index in [0.717, 1.165) is 44.3 Å². The van der Waals surface area contributed by atoms with E-state index in [2.05, 4.69) is 30.3 Å². The summed E-state index contributed by atoms with van der Waals surface area (Å²) >= 11 is 0. The molecule has 5 rings (SSSR count). The second kappa shape index (κ2) is 5.43. The molecule has 0 bridgehead atoms. The van der Waals surface area contributed by atoms with Gasteiger partial charge in [-0.3, -0.25) is 0 Å². The quantitative estimate of drug-likeness (QED) is 0.345. The van der Waals surface area contributed by atoms with Crippen molar-refractivity contribution < 1.29 is 13.1 Å². The summed E-state index contributed by atoms with van der Waals surface area (Å²) in [4.78, 5) is 0. The summed E-state index contributed by atoms with van der Waals surface area (Å²) in [6, 6.07) is 20.0. The lowest BCUT2D eigenvalue weighted by Gasteiger charge is -2.04. The minimum Gasteiger partial charge on any atom is -0.449 e. The lowest BCUT2D eigenvalue weighted by molar-refractivity contribution is -0.602. The monoisotopic (exact) mass is 341 g/mol. The number of nitrogens with zero attached hydrogens (tertiary/aromatic N) is 1. The summed E-state index contributed by atoms with van der Waals surface area (Å²) in [5.74, 6) is 0. The Morgan fingerprint density at radius 2 is 1.81 bits per heavy atom. The Morgan fingerprint density at radius 3 is 2.65 bits per heavy atom. The first-order chi connectivity index (χ1) is 13.8. The average molecular weight is 341 g/mol. The number of benzene rings is 3. The predicted octanol–water partition coefficient (Wildman–Crippen LogP) is 5.94. The molecule has 2 heterocycles. The van der Waals surface area contributed by atoms with Crippen molar-refractivity contribution in [2.24, 2.45) is 0 Å². The van der Waals surface area contributed by atoms with Gasteiger partial charge in [-0.25, -0.2) is 0 Å². The molecule has 5 aromatic rings. The molecule has 26 heavy (non-hydrogen) atoms. The summed E-state index contributed by atoms with van der Waals surface area (Å²) in [5, 5.41) is 4.51. The van der Waals surface area contributed by atoms with Crippen LogP contribution in [0, 0.1) is 20.7 Å². The van der Waals surface area contributed by atoms with Gasteiger partial charge in [-0.05, 0) is 42.2 Å². The molecule has 0 radical (unpaired) electrons. The molecule has 0 spiro atoms. The zero-order valence-corrected chi connectivity index (χ0v) is 14.7. The fourth-order valence-corrected chi connectivity index (χ4v) is 3.86. The number of aromatic nitrogens is 1. The van der Waals surface area contributed by atoms with Crippen LogP contribution in [0.3, 0.4) is 0 Å². The van der Waals surface area contributed by atoms with E-state index < -0.39 is 6.85 Å². The van der Waals surface area contributed by atoms with Gasteiger partial charge in [0.1, 0.15) is 5.58 Å². The predicted molar refractivity (Wildman–Crippen MR) is 107 cm³/mol. The van der Waals surface area contributed by atoms with Crippen molar-refractivity contribution in [2.75, 3.05) is 0 Å². The fourth-order valence-electron chi connectivity index (χ4n) is 3.86. The molecular weight excluding hydrogens is 318 g/mol. The first-order valence-corrected chi connectivity index (χ1v) is 8.71. The molecule has 0 N–H and O–H groups in total. The number of hydrogen-bond donors (Lipinski definition) is 0. The highest BCUT2D eigenvalue weighted by molar-refractivity contribution is 6.19. The van der Waals surface area contributed by atoms with Crippen molar-refractivity contribution in [3.05, 3.63) is 83.7 Å². The first kappa shape index (κ1) is 12.3. The Morgan fingerprint density at radius 1 is 0.923 bits per heavy atom. The molecule has 0 atom stereocenters. The molecule has 0 aliphatic rings. The Hall–Kier alpha value is -3.13. The van der Waals surface area contributed by atoms with Crippen molar-refractivity contribution >= 4 is 32.7 Å². The van der Waals surface area contributed by atoms with E-state index in [9.17, 15) is 0 Å². The number of pyridine rings is 1. The maximum Gasteiger partial charge on any atom is 0.257 e. The third-order valence-electron chi connectivity index (χ3n) is 5.09. The van der Waals surface area contributed by atoms with Gasteiger partial charge in [-0.15, -0.1) is 0 Å². The van der Waals surface area contributed by atoms with Gasteiger partial charge in [0.15, 0.2) is 11.9 Å². The molecule has 0 saturated carbocycles. The van der Waals surface area contributed by atoms with Crippen LogP contribution in [0.1, 0.15) is 20.9 Å². The van der Waals surface area contributed by atoms with Gasteiger partial charge >= 0.3 is 0 Å². The molecule has 2 heteroatoms. The molecule has 0 fully saturated rings. The van der Waals surface area contributed by atoms with Crippen LogP contribution < -0.4 is 4.57 Å². The largest absolute Gasteiger partial charge is 0.449 e. The van der Waals surface area contributed by atoms with Crippen LogP contribution in [0.5, 0.6) is 0 Å². The van der Waals surface area contributed by atoms with Crippen LogP contribution >= 0.6 is 0 Å². The van der Waals surface area contributed by atoms with Gasteiger partial charge < -0.3 is 4.42 Å². The highest BCUT2D eigenvalue weighted by Gasteiger charge is 2.22. The molecule has 126 valence electrons. The van der Waals surface area contributed by atoms with Crippen LogP contribution in [0.2, 0.25) is 0 Å². The van der Waals surface area contributed by atoms with Crippen LogP contribution in [-0.2, 0) is 0 Å². The van der Waals surface area contributed by atoms with E-state index in [1.54, 1.807) is 12.1 Å². The topological polar surface area (TPSA) is 17.0 Å². The van der Waals surface area contributed by atoms with Crippen molar-refractivity contribution in [2.45, 2.75) is 20.7 Å². The maximum absolute atomic E-state index is 7.67.